The monoisotopic (exact) mass is 363 g/mol. The van der Waals surface area contributed by atoms with Gasteiger partial charge in [0.25, 0.3) is 0 Å². The molecule has 1 amide bonds. The summed E-state index contributed by atoms with van der Waals surface area (Å²) in [5, 5.41) is 16.2. The summed E-state index contributed by atoms with van der Waals surface area (Å²) in [7, 11) is 1.63. The minimum Gasteiger partial charge on any atom is -0.383 e. The average molecular weight is 363 g/mol. The van der Waals surface area contributed by atoms with Crippen LogP contribution < -0.4 is 0 Å². The third-order valence-corrected chi connectivity index (χ3v) is 4.41. The van der Waals surface area contributed by atoms with E-state index in [1.807, 2.05) is 29.5 Å². The molecule has 10 nitrogen and oxygen atoms in total. The van der Waals surface area contributed by atoms with Crippen molar-refractivity contribution < 1.29 is 14.3 Å². The maximum atomic E-state index is 12.6. The van der Waals surface area contributed by atoms with Gasteiger partial charge in [-0.05, 0) is 30.3 Å². The number of tetrazole rings is 1. The Morgan fingerprint density at radius 1 is 1.35 bits per heavy atom. The molecule has 26 heavy (non-hydrogen) atoms. The van der Waals surface area contributed by atoms with Gasteiger partial charge in [-0.1, -0.05) is 0 Å². The van der Waals surface area contributed by atoms with Gasteiger partial charge >= 0.3 is 0 Å². The van der Waals surface area contributed by atoms with E-state index in [4.69, 9.17) is 9.47 Å². The molecule has 142 valence electrons. The van der Waals surface area contributed by atoms with Crippen LogP contribution in [0.25, 0.3) is 0 Å². The van der Waals surface area contributed by atoms with E-state index in [0.29, 0.717) is 51.6 Å². The molecule has 0 spiro atoms. The number of hydrogen-bond acceptors (Lipinski definition) is 7. The topological polar surface area (TPSA) is 100 Å². The Kier molecular flexibility index (Phi) is 5.94. The summed E-state index contributed by atoms with van der Waals surface area (Å²) in [6.45, 7) is 7.07. The third kappa shape index (κ3) is 4.25. The highest BCUT2D eigenvalue weighted by Gasteiger charge is 2.29. The quantitative estimate of drug-likeness (QED) is 0.689. The van der Waals surface area contributed by atoms with Crippen LogP contribution in [0, 0.1) is 13.8 Å². The van der Waals surface area contributed by atoms with E-state index < -0.39 is 0 Å². The van der Waals surface area contributed by atoms with Crippen molar-refractivity contribution in [1.82, 2.24) is 34.9 Å². The zero-order chi connectivity index (χ0) is 18.5. The van der Waals surface area contributed by atoms with Crippen molar-refractivity contribution >= 4 is 5.91 Å². The van der Waals surface area contributed by atoms with Crippen LogP contribution in [0.4, 0.5) is 0 Å². The number of carbonyl (C=O) groups is 1. The van der Waals surface area contributed by atoms with Crippen molar-refractivity contribution in [2.45, 2.75) is 39.5 Å². The minimum absolute atomic E-state index is 0.0850. The summed E-state index contributed by atoms with van der Waals surface area (Å²) in [5.41, 5.74) is 2.02. The van der Waals surface area contributed by atoms with E-state index in [9.17, 15) is 4.79 Å². The number of rotatable bonds is 7. The van der Waals surface area contributed by atoms with Gasteiger partial charge in [-0.25, -0.2) is 4.68 Å². The van der Waals surface area contributed by atoms with Gasteiger partial charge in [-0.2, -0.15) is 5.10 Å². The summed E-state index contributed by atoms with van der Waals surface area (Å²) in [6.07, 6.45) is 0.0803. The number of methoxy groups -OCH3 is 1. The lowest BCUT2D eigenvalue weighted by Gasteiger charge is -2.32. The maximum Gasteiger partial charge on any atom is 0.224 e. The number of aromatic nitrogens is 6. The molecule has 0 bridgehead atoms. The van der Waals surface area contributed by atoms with E-state index in [0.717, 1.165) is 11.4 Å². The molecule has 1 atom stereocenters. The number of amides is 1. The first kappa shape index (κ1) is 18.5. The molecule has 1 aliphatic rings. The van der Waals surface area contributed by atoms with Crippen LogP contribution >= 0.6 is 0 Å². The van der Waals surface area contributed by atoms with Gasteiger partial charge < -0.3 is 14.4 Å². The largest absolute Gasteiger partial charge is 0.383 e. The lowest BCUT2D eigenvalue weighted by atomic mass is 10.2. The minimum atomic E-state index is -0.326. The lowest BCUT2D eigenvalue weighted by molar-refractivity contribution is -0.139. The Balaban J connectivity index is 1.58. The normalized spacial score (nSPS) is 17.7. The van der Waals surface area contributed by atoms with Crippen LogP contribution in [-0.2, 0) is 27.4 Å². The Bertz CT molecular complexity index is 742. The smallest absolute Gasteiger partial charge is 0.224 e. The van der Waals surface area contributed by atoms with Crippen LogP contribution in [0.5, 0.6) is 0 Å². The second-order valence-electron chi connectivity index (χ2n) is 6.35. The van der Waals surface area contributed by atoms with Crippen LogP contribution in [0.2, 0.25) is 0 Å². The molecule has 3 heterocycles. The Labute approximate surface area is 152 Å². The molecule has 0 aromatic carbocycles. The molecule has 2 aromatic rings. The first-order valence-electron chi connectivity index (χ1n) is 8.74. The number of ether oxygens (including phenoxy) is 2. The summed E-state index contributed by atoms with van der Waals surface area (Å²) < 4.78 is 14.4. The van der Waals surface area contributed by atoms with Gasteiger partial charge in [0.1, 0.15) is 6.10 Å². The summed E-state index contributed by atoms with van der Waals surface area (Å²) in [5.74, 6) is 0.708. The van der Waals surface area contributed by atoms with Crippen molar-refractivity contribution in [3.8, 4) is 0 Å². The van der Waals surface area contributed by atoms with E-state index in [-0.39, 0.29) is 12.0 Å². The molecule has 1 saturated heterocycles. The van der Waals surface area contributed by atoms with Crippen molar-refractivity contribution in [2.24, 2.45) is 0 Å². The molecule has 1 aliphatic heterocycles. The fourth-order valence-corrected chi connectivity index (χ4v) is 3.07. The van der Waals surface area contributed by atoms with Crippen LogP contribution in [0.1, 0.15) is 29.7 Å². The predicted molar refractivity (Wildman–Crippen MR) is 91.3 cm³/mol. The average Bonchev–Trinajstić information content (AvgIpc) is 3.23. The molecule has 1 fully saturated rings. The molecular formula is C16H25N7O3. The number of morpholine rings is 1. The number of aryl methyl sites for hydroxylation is 3. The fraction of sp³-hybridized carbons (Fsp3) is 0.688. The summed E-state index contributed by atoms with van der Waals surface area (Å²) in [4.78, 5) is 14.4. The third-order valence-electron chi connectivity index (χ3n) is 4.41. The molecule has 3 rings (SSSR count). The van der Waals surface area contributed by atoms with Crippen molar-refractivity contribution in [3.05, 3.63) is 23.3 Å². The van der Waals surface area contributed by atoms with Crippen LogP contribution in [-0.4, -0.2) is 74.2 Å². The molecule has 2 aromatic heterocycles. The van der Waals surface area contributed by atoms with E-state index >= 15 is 0 Å². The zero-order valence-corrected chi connectivity index (χ0v) is 15.5. The van der Waals surface area contributed by atoms with Gasteiger partial charge in [0.15, 0.2) is 5.82 Å². The van der Waals surface area contributed by atoms with E-state index in [2.05, 4.69) is 20.6 Å². The van der Waals surface area contributed by atoms with Crippen LogP contribution in [0.15, 0.2) is 6.07 Å². The van der Waals surface area contributed by atoms with Crippen molar-refractivity contribution in [2.75, 3.05) is 33.4 Å². The number of carbonyl (C=O) groups excluding carboxylic acids is 1. The fourth-order valence-electron chi connectivity index (χ4n) is 3.07. The SMILES string of the molecule is COCCn1nnnc1[C@H]1CN(C(=O)CCn2nc(C)cc2C)CCO1. The van der Waals surface area contributed by atoms with E-state index in [1.165, 1.54) is 0 Å². The molecule has 10 heteroatoms. The second kappa shape index (κ2) is 8.37. The van der Waals surface area contributed by atoms with E-state index in [1.54, 1.807) is 11.8 Å². The molecule has 0 aliphatic carbocycles. The first-order valence-corrected chi connectivity index (χ1v) is 8.74. The van der Waals surface area contributed by atoms with Gasteiger partial charge in [-0.15, -0.1) is 5.10 Å². The predicted octanol–water partition coefficient (Wildman–Crippen LogP) is 0.123. The van der Waals surface area contributed by atoms with Gasteiger partial charge in [0, 0.05) is 32.3 Å². The maximum absolute atomic E-state index is 12.6. The number of hydrogen-bond donors (Lipinski definition) is 0. The zero-order valence-electron chi connectivity index (χ0n) is 15.5. The summed E-state index contributed by atoms with van der Waals surface area (Å²) >= 11 is 0. The lowest BCUT2D eigenvalue weighted by Crippen LogP contribution is -2.43. The Hall–Kier alpha value is -2.33. The molecule has 0 radical (unpaired) electrons. The highest BCUT2D eigenvalue weighted by molar-refractivity contribution is 5.76. The Morgan fingerprint density at radius 3 is 2.92 bits per heavy atom. The van der Waals surface area contributed by atoms with Gasteiger partial charge in [0.05, 0.1) is 32.0 Å². The first-order chi connectivity index (χ1) is 12.6. The second-order valence-corrected chi connectivity index (χ2v) is 6.35. The van der Waals surface area contributed by atoms with Crippen molar-refractivity contribution in [1.29, 1.82) is 0 Å². The standard InChI is InChI=1S/C16H25N7O3/c1-12-10-13(2)22(18-12)5-4-15(24)21-6-9-26-14(11-21)16-17-19-20-23(16)7-8-25-3/h10,14H,4-9,11H2,1-3H3/t14-/m1/s1. The van der Waals surface area contributed by atoms with Crippen LogP contribution in [0.3, 0.4) is 0 Å². The Morgan fingerprint density at radius 2 is 2.19 bits per heavy atom. The summed E-state index contributed by atoms with van der Waals surface area (Å²) in [6, 6.07) is 2.01. The number of nitrogens with zero attached hydrogens (tertiary/aromatic N) is 7. The van der Waals surface area contributed by atoms with Gasteiger partial charge in [0.2, 0.25) is 5.91 Å². The molecular weight excluding hydrogens is 338 g/mol. The highest BCUT2D eigenvalue weighted by atomic mass is 16.5. The van der Waals surface area contributed by atoms with Crippen molar-refractivity contribution in [3.63, 3.8) is 0 Å². The molecule has 0 unspecified atom stereocenters. The molecule has 0 saturated carbocycles. The van der Waals surface area contributed by atoms with Gasteiger partial charge in [-0.3, -0.25) is 9.48 Å². The molecule has 0 N–H and O–H groups in total. The highest BCUT2D eigenvalue weighted by Crippen LogP contribution is 2.20.